The van der Waals surface area contributed by atoms with Crippen LogP contribution in [0.1, 0.15) is 41.7 Å². The van der Waals surface area contributed by atoms with Gasteiger partial charge in [-0.15, -0.1) is 11.3 Å². The molecule has 1 aromatic carbocycles. The number of amides is 2. The number of anilines is 1. The summed E-state index contributed by atoms with van der Waals surface area (Å²) in [6.45, 7) is 5.17. The first-order valence-electron chi connectivity index (χ1n) is 8.00. The maximum absolute atomic E-state index is 12.1. The molecule has 3 aromatic rings. The zero-order valence-electron chi connectivity index (χ0n) is 14.6. The molecular weight excluding hydrogens is 352 g/mol. The molecule has 3 rings (SSSR count). The molecule has 1 atom stereocenters. The molecule has 2 amide bonds. The lowest BCUT2D eigenvalue weighted by atomic mass is 10.1. The van der Waals surface area contributed by atoms with Crippen LogP contribution in [0.25, 0.3) is 11.3 Å². The fraction of sp³-hybridized carbons (Fsp3) is 0.222. The van der Waals surface area contributed by atoms with Crippen LogP contribution < -0.4 is 10.6 Å². The van der Waals surface area contributed by atoms with Crippen molar-refractivity contribution in [2.45, 2.75) is 26.8 Å². The van der Waals surface area contributed by atoms with E-state index >= 15 is 0 Å². The van der Waals surface area contributed by atoms with E-state index in [1.54, 1.807) is 13.0 Å². The van der Waals surface area contributed by atoms with Gasteiger partial charge in [0, 0.05) is 23.9 Å². The normalized spacial score (nSPS) is 11.8. The highest BCUT2D eigenvalue weighted by Crippen LogP contribution is 2.26. The lowest BCUT2D eigenvalue weighted by molar-refractivity contribution is -0.119. The second-order valence-electron chi connectivity index (χ2n) is 5.87. The number of aromatic nitrogens is 2. The molecule has 0 fully saturated rings. The average Bonchev–Trinajstić information content (AvgIpc) is 3.23. The molecule has 0 saturated heterocycles. The number of hydrogen-bond acceptors (Lipinski definition) is 6. The van der Waals surface area contributed by atoms with Gasteiger partial charge in [0.15, 0.2) is 5.13 Å². The molecule has 0 aliphatic rings. The third kappa shape index (κ3) is 4.15. The standard InChI is InChI=1S/C18H18N4O3S/c1-10-8-16(25-22-10)17(24)21-18-20-15(9-26-18)14-6-4-13(5-7-14)11(2)19-12(3)23/h4-9,11H,1-3H3,(H,19,23)(H,20,21,24)/t11-/m1/s1. The number of aryl methyl sites for hydroxylation is 1. The van der Waals surface area contributed by atoms with Gasteiger partial charge >= 0.3 is 0 Å². The molecule has 2 aromatic heterocycles. The van der Waals surface area contributed by atoms with Crippen LogP contribution in [0.5, 0.6) is 0 Å². The predicted molar refractivity (Wildman–Crippen MR) is 99.0 cm³/mol. The van der Waals surface area contributed by atoms with Crippen molar-refractivity contribution in [2.24, 2.45) is 0 Å². The summed E-state index contributed by atoms with van der Waals surface area (Å²) < 4.78 is 4.94. The largest absolute Gasteiger partial charge is 0.351 e. The number of benzene rings is 1. The molecule has 8 heteroatoms. The maximum atomic E-state index is 12.1. The van der Waals surface area contributed by atoms with Gasteiger partial charge in [0.1, 0.15) is 0 Å². The second-order valence-corrected chi connectivity index (χ2v) is 6.73. The van der Waals surface area contributed by atoms with E-state index in [2.05, 4.69) is 20.8 Å². The van der Waals surface area contributed by atoms with Crippen LogP contribution in [-0.2, 0) is 4.79 Å². The highest BCUT2D eigenvalue weighted by atomic mass is 32.1. The highest BCUT2D eigenvalue weighted by molar-refractivity contribution is 7.14. The van der Waals surface area contributed by atoms with Gasteiger partial charge in [-0.1, -0.05) is 29.4 Å². The summed E-state index contributed by atoms with van der Waals surface area (Å²) in [5, 5.41) is 11.6. The molecule has 7 nitrogen and oxygen atoms in total. The lowest BCUT2D eigenvalue weighted by Gasteiger charge is -2.12. The molecule has 0 aliphatic carbocycles. The number of thiazole rings is 1. The minimum absolute atomic E-state index is 0.0582. The van der Waals surface area contributed by atoms with E-state index < -0.39 is 0 Å². The van der Waals surface area contributed by atoms with Gasteiger partial charge in [-0.2, -0.15) is 0 Å². The molecule has 2 N–H and O–H groups in total. The Morgan fingerprint density at radius 2 is 1.96 bits per heavy atom. The molecule has 0 spiro atoms. The Balaban J connectivity index is 1.69. The molecule has 134 valence electrons. The lowest BCUT2D eigenvalue weighted by Crippen LogP contribution is -2.23. The molecule has 0 bridgehead atoms. The van der Waals surface area contributed by atoms with Crippen molar-refractivity contribution in [1.29, 1.82) is 0 Å². The fourth-order valence-electron chi connectivity index (χ4n) is 2.42. The van der Waals surface area contributed by atoms with Crippen LogP contribution in [0.15, 0.2) is 40.2 Å². The van der Waals surface area contributed by atoms with E-state index in [9.17, 15) is 9.59 Å². The highest BCUT2D eigenvalue weighted by Gasteiger charge is 2.14. The number of carbonyl (C=O) groups excluding carboxylic acids is 2. The van der Waals surface area contributed by atoms with Crippen LogP contribution in [-0.4, -0.2) is 22.0 Å². The zero-order valence-corrected chi connectivity index (χ0v) is 15.4. The first kappa shape index (κ1) is 17.8. The zero-order chi connectivity index (χ0) is 18.7. The minimum Gasteiger partial charge on any atom is -0.351 e. The summed E-state index contributed by atoms with van der Waals surface area (Å²) in [6.07, 6.45) is 0. The van der Waals surface area contributed by atoms with Gasteiger partial charge in [0.2, 0.25) is 11.7 Å². The van der Waals surface area contributed by atoms with Crippen LogP contribution in [0.4, 0.5) is 5.13 Å². The minimum atomic E-state index is -0.383. The smallest absolute Gasteiger partial charge is 0.296 e. The Kier molecular flexibility index (Phi) is 5.13. The van der Waals surface area contributed by atoms with Crippen molar-refractivity contribution < 1.29 is 14.1 Å². The maximum Gasteiger partial charge on any atom is 0.296 e. The van der Waals surface area contributed by atoms with Gasteiger partial charge < -0.3 is 9.84 Å². The summed E-state index contributed by atoms with van der Waals surface area (Å²) >= 11 is 1.33. The molecule has 0 saturated carbocycles. The van der Waals surface area contributed by atoms with Crippen molar-refractivity contribution >= 4 is 28.3 Å². The molecular formula is C18H18N4O3S. The summed E-state index contributed by atoms with van der Waals surface area (Å²) in [6, 6.07) is 9.29. The van der Waals surface area contributed by atoms with Crippen LogP contribution in [0.2, 0.25) is 0 Å². The topological polar surface area (TPSA) is 97.1 Å². The van der Waals surface area contributed by atoms with Crippen LogP contribution in [0, 0.1) is 6.92 Å². The SMILES string of the molecule is CC(=O)N[C@H](C)c1ccc(-c2csc(NC(=O)c3cc(C)no3)n2)cc1. The van der Waals surface area contributed by atoms with Gasteiger partial charge in [-0.3, -0.25) is 14.9 Å². The quantitative estimate of drug-likeness (QED) is 0.716. The molecule has 0 aliphatic heterocycles. The van der Waals surface area contributed by atoms with Gasteiger partial charge in [0.05, 0.1) is 17.4 Å². The monoisotopic (exact) mass is 370 g/mol. The van der Waals surface area contributed by atoms with Crippen molar-refractivity contribution in [3.63, 3.8) is 0 Å². The van der Waals surface area contributed by atoms with Gasteiger partial charge in [-0.05, 0) is 19.4 Å². The van der Waals surface area contributed by atoms with E-state index in [4.69, 9.17) is 4.52 Å². The molecule has 2 heterocycles. The Hall–Kier alpha value is -3.00. The van der Waals surface area contributed by atoms with Crippen LogP contribution in [0.3, 0.4) is 0 Å². The van der Waals surface area contributed by atoms with Gasteiger partial charge in [0.25, 0.3) is 5.91 Å². The van der Waals surface area contributed by atoms with Crippen molar-refractivity contribution in [1.82, 2.24) is 15.5 Å². The van der Waals surface area contributed by atoms with E-state index in [-0.39, 0.29) is 23.6 Å². The fourth-order valence-corrected chi connectivity index (χ4v) is 3.14. The van der Waals surface area contributed by atoms with E-state index in [0.29, 0.717) is 10.8 Å². The number of hydrogen-bond donors (Lipinski definition) is 2. The van der Waals surface area contributed by atoms with Gasteiger partial charge in [-0.25, -0.2) is 4.98 Å². The number of carbonyl (C=O) groups is 2. The first-order valence-corrected chi connectivity index (χ1v) is 8.88. The molecule has 0 radical (unpaired) electrons. The Morgan fingerprint density at radius 1 is 1.23 bits per heavy atom. The first-order chi connectivity index (χ1) is 12.4. The number of nitrogens with zero attached hydrogens (tertiary/aromatic N) is 2. The average molecular weight is 370 g/mol. The second kappa shape index (κ2) is 7.49. The Morgan fingerprint density at radius 3 is 2.58 bits per heavy atom. The van der Waals surface area contributed by atoms with E-state index in [1.807, 2.05) is 36.6 Å². The van der Waals surface area contributed by atoms with Crippen molar-refractivity contribution in [3.8, 4) is 11.3 Å². The predicted octanol–water partition coefficient (Wildman–Crippen LogP) is 3.56. The van der Waals surface area contributed by atoms with Crippen LogP contribution >= 0.6 is 11.3 Å². The molecule has 0 unspecified atom stereocenters. The summed E-state index contributed by atoms with van der Waals surface area (Å²) in [5.41, 5.74) is 3.34. The number of rotatable bonds is 5. The third-order valence-electron chi connectivity index (χ3n) is 3.70. The Labute approximate surface area is 154 Å². The van der Waals surface area contributed by atoms with E-state index in [1.165, 1.54) is 18.3 Å². The van der Waals surface area contributed by atoms with Crippen molar-refractivity contribution in [3.05, 3.63) is 52.7 Å². The summed E-state index contributed by atoms with van der Waals surface area (Å²) in [4.78, 5) is 27.6. The molecule has 26 heavy (non-hydrogen) atoms. The van der Waals surface area contributed by atoms with E-state index in [0.717, 1.165) is 16.8 Å². The third-order valence-corrected chi connectivity index (χ3v) is 4.46. The summed E-state index contributed by atoms with van der Waals surface area (Å²) in [7, 11) is 0. The summed E-state index contributed by atoms with van der Waals surface area (Å²) in [5.74, 6) is -0.301. The van der Waals surface area contributed by atoms with Crippen molar-refractivity contribution in [2.75, 3.05) is 5.32 Å². The number of nitrogens with one attached hydrogen (secondary N) is 2. The Bertz CT molecular complexity index is 930.